The third-order valence-electron chi connectivity index (χ3n) is 6.81. The fraction of sp³-hybridized carbons (Fsp3) is 0.357. The molecule has 4 rings (SSSR count). The number of ether oxygens (including phenoxy) is 1. The fourth-order valence-electron chi connectivity index (χ4n) is 4.72. The van der Waals surface area contributed by atoms with Gasteiger partial charge in [0.15, 0.2) is 5.60 Å². The van der Waals surface area contributed by atoms with Crippen molar-refractivity contribution < 1.29 is 24.5 Å². The molecule has 0 radical (unpaired) electrons. The van der Waals surface area contributed by atoms with Crippen molar-refractivity contribution in [1.29, 1.82) is 0 Å². The van der Waals surface area contributed by atoms with E-state index in [0.29, 0.717) is 48.1 Å². The number of hydrogen-bond acceptors (Lipinski definition) is 7. The highest BCUT2D eigenvalue weighted by Crippen LogP contribution is 2.46. The monoisotopic (exact) mass is 505 g/mol. The van der Waals surface area contributed by atoms with Crippen LogP contribution in [-0.2, 0) is 19.9 Å². The number of fused-ring (bicyclic) bond motifs is 2. The molecule has 1 aliphatic rings. The van der Waals surface area contributed by atoms with E-state index in [0.717, 1.165) is 5.39 Å². The van der Waals surface area contributed by atoms with Gasteiger partial charge >= 0.3 is 5.97 Å². The lowest BCUT2D eigenvalue weighted by atomic mass is 9.82. The molecule has 9 heteroatoms. The van der Waals surface area contributed by atoms with Crippen LogP contribution in [0, 0.1) is 5.92 Å². The van der Waals surface area contributed by atoms with Crippen molar-refractivity contribution >= 4 is 28.3 Å². The Hall–Kier alpha value is -3.82. The van der Waals surface area contributed by atoms with Gasteiger partial charge in [0.1, 0.15) is 0 Å². The van der Waals surface area contributed by atoms with E-state index >= 15 is 0 Å². The molecule has 1 amide bonds. The number of rotatable bonds is 10. The summed E-state index contributed by atoms with van der Waals surface area (Å²) in [6.07, 6.45) is 6.76. The van der Waals surface area contributed by atoms with Crippen LogP contribution < -0.4 is 10.5 Å². The Balaban J connectivity index is 1.75. The molecule has 1 aromatic heterocycles. The second kappa shape index (κ2) is 11.1. The minimum Gasteiger partial charge on any atom is -0.469 e. The number of amides is 1. The SMILES string of the molecule is COC(=O)CCCCN1C(=O)[C@@](O)([C@@H](C)/C=C/CCO)c2cc(-n3ncc4ccccc4c3=O)ccc21. The van der Waals surface area contributed by atoms with Crippen LogP contribution in [0.5, 0.6) is 0 Å². The molecule has 0 aliphatic carbocycles. The van der Waals surface area contributed by atoms with Gasteiger partial charge in [0, 0.05) is 36.4 Å². The average Bonchev–Trinajstić information content (AvgIpc) is 3.13. The van der Waals surface area contributed by atoms with Gasteiger partial charge in [0.05, 0.1) is 30.1 Å². The summed E-state index contributed by atoms with van der Waals surface area (Å²) in [5.74, 6) is -1.40. The van der Waals surface area contributed by atoms with E-state index in [-0.39, 0.29) is 24.6 Å². The van der Waals surface area contributed by atoms with Gasteiger partial charge in [-0.2, -0.15) is 9.78 Å². The fourth-order valence-corrected chi connectivity index (χ4v) is 4.72. The van der Waals surface area contributed by atoms with Gasteiger partial charge in [-0.15, -0.1) is 0 Å². The number of carbonyl (C=O) groups excluding carboxylic acids is 2. The van der Waals surface area contributed by atoms with Crippen molar-refractivity contribution in [3.8, 4) is 5.69 Å². The summed E-state index contributed by atoms with van der Waals surface area (Å²) < 4.78 is 5.95. The Morgan fingerprint density at radius 1 is 1.19 bits per heavy atom. The quantitative estimate of drug-likeness (QED) is 0.247. The maximum atomic E-state index is 13.6. The van der Waals surface area contributed by atoms with Crippen molar-refractivity contribution in [2.24, 2.45) is 5.92 Å². The number of benzene rings is 2. The summed E-state index contributed by atoms with van der Waals surface area (Å²) in [5, 5.41) is 26.5. The first kappa shape index (κ1) is 26.2. The summed E-state index contributed by atoms with van der Waals surface area (Å²) in [6.45, 7) is 2.01. The Morgan fingerprint density at radius 2 is 1.97 bits per heavy atom. The van der Waals surface area contributed by atoms with Crippen LogP contribution in [0.3, 0.4) is 0 Å². The molecule has 9 nitrogen and oxygen atoms in total. The number of nitrogens with zero attached hydrogens (tertiary/aromatic N) is 3. The van der Waals surface area contributed by atoms with Gasteiger partial charge in [0.25, 0.3) is 11.5 Å². The smallest absolute Gasteiger partial charge is 0.305 e. The number of hydrogen-bond donors (Lipinski definition) is 2. The van der Waals surface area contributed by atoms with Crippen LogP contribution in [0.15, 0.2) is 65.6 Å². The highest BCUT2D eigenvalue weighted by atomic mass is 16.5. The van der Waals surface area contributed by atoms with Gasteiger partial charge in [-0.3, -0.25) is 14.4 Å². The third kappa shape index (κ3) is 4.92. The molecule has 2 atom stereocenters. The number of aliphatic hydroxyl groups excluding tert-OH is 1. The van der Waals surface area contributed by atoms with Gasteiger partial charge in [-0.25, -0.2) is 0 Å². The minimum atomic E-state index is -1.87. The maximum absolute atomic E-state index is 13.6. The number of esters is 1. The predicted molar refractivity (Wildman–Crippen MR) is 139 cm³/mol. The molecular weight excluding hydrogens is 474 g/mol. The molecule has 194 valence electrons. The van der Waals surface area contributed by atoms with Crippen LogP contribution in [0.1, 0.15) is 38.2 Å². The van der Waals surface area contributed by atoms with Crippen LogP contribution in [0.4, 0.5) is 5.69 Å². The zero-order valence-corrected chi connectivity index (χ0v) is 21.0. The standard InChI is InChI=1S/C28H31N3O6/c1-19(9-6-8-16-32)28(36)23-17-21(31-26(34)22-11-4-3-10-20(22)18-29-31)13-14-24(23)30(27(28)35)15-7-5-12-25(33)37-2/h3-4,6,9-11,13-14,17-19,32,36H,5,7-8,12,15-16H2,1-2H3/b9-6+/t19-,28+/m0/s1. The predicted octanol–water partition coefficient (Wildman–Crippen LogP) is 2.84. The first-order chi connectivity index (χ1) is 17.8. The molecule has 0 saturated heterocycles. The number of carbonyl (C=O) groups is 2. The lowest BCUT2D eigenvalue weighted by Gasteiger charge is -2.28. The van der Waals surface area contributed by atoms with Gasteiger partial charge in [0.2, 0.25) is 0 Å². The zero-order chi connectivity index (χ0) is 26.6. The summed E-state index contributed by atoms with van der Waals surface area (Å²) in [4.78, 5) is 39.8. The molecule has 2 N–H and O–H groups in total. The third-order valence-corrected chi connectivity index (χ3v) is 6.81. The molecule has 0 saturated carbocycles. The molecule has 3 aromatic rings. The Bertz CT molecular complexity index is 1400. The van der Waals surface area contributed by atoms with E-state index in [2.05, 4.69) is 9.84 Å². The average molecular weight is 506 g/mol. The first-order valence-electron chi connectivity index (χ1n) is 12.3. The summed E-state index contributed by atoms with van der Waals surface area (Å²) in [7, 11) is 1.34. The van der Waals surface area contributed by atoms with Crippen LogP contribution in [0.2, 0.25) is 0 Å². The van der Waals surface area contributed by atoms with Crippen molar-refractivity contribution in [2.75, 3.05) is 25.2 Å². The molecule has 0 spiro atoms. The Labute approximate surface area is 214 Å². The molecule has 0 unspecified atom stereocenters. The normalized spacial score (nSPS) is 17.9. The van der Waals surface area contributed by atoms with Crippen molar-refractivity contribution in [3.63, 3.8) is 0 Å². The highest BCUT2D eigenvalue weighted by Gasteiger charge is 2.52. The van der Waals surface area contributed by atoms with Crippen LogP contribution >= 0.6 is 0 Å². The largest absolute Gasteiger partial charge is 0.469 e. The number of unbranched alkanes of at least 4 members (excludes halogenated alkanes) is 1. The molecular formula is C28H31N3O6. The molecule has 2 aromatic carbocycles. The van der Waals surface area contributed by atoms with E-state index < -0.39 is 17.4 Å². The first-order valence-corrected chi connectivity index (χ1v) is 12.3. The van der Waals surface area contributed by atoms with Gasteiger partial charge in [-0.1, -0.05) is 37.3 Å². The topological polar surface area (TPSA) is 122 Å². The lowest BCUT2D eigenvalue weighted by molar-refractivity contribution is -0.140. The minimum absolute atomic E-state index is 0.0425. The van der Waals surface area contributed by atoms with Crippen molar-refractivity contribution in [2.45, 2.75) is 38.2 Å². The van der Waals surface area contributed by atoms with Gasteiger partial charge in [-0.05, 0) is 43.5 Å². The number of methoxy groups -OCH3 is 1. The number of aromatic nitrogens is 2. The van der Waals surface area contributed by atoms with Crippen molar-refractivity contribution in [3.05, 3.63) is 76.7 Å². The second-order valence-corrected chi connectivity index (χ2v) is 9.14. The molecule has 37 heavy (non-hydrogen) atoms. The molecule has 0 fully saturated rings. The summed E-state index contributed by atoms with van der Waals surface area (Å²) >= 11 is 0. The zero-order valence-electron chi connectivity index (χ0n) is 21.0. The van der Waals surface area contributed by atoms with E-state index in [9.17, 15) is 19.5 Å². The Kier molecular flexibility index (Phi) is 7.85. The van der Waals surface area contributed by atoms with Crippen molar-refractivity contribution in [1.82, 2.24) is 9.78 Å². The summed E-state index contributed by atoms with van der Waals surface area (Å²) in [6, 6.07) is 12.2. The number of anilines is 1. The molecule has 1 aliphatic heterocycles. The van der Waals surface area contributed by atoms with E-state index in [1.807, 2.05) is 12.1 Å². The van der Waals surface area contributed by atoms with Crippen LogP contribution in [0.25, 0.3) is 16.5 Å². The highest BCUT2D eigenvalue weighted by molar-refractivity contribution is 6.07. The molecule has 0 bridgehead atoms. The Morgan fingerprint density at radius 3 is 2.73 bits per heavy atom. The van der Waals surface area contributed by atoms with Crippen LogP contribution in [-0.4, -0.2) is 52.1 Å². The molecule has 2 heterocycles. The number of aliphatic hydroxyl groups is 2. The van der Waals surface area contributed by atoms with Gasteiger partial charge < -0.3 is 19.8 Å². The van der Waals surface area contributed by atoms with E-state index in [1.54, 1.807) is 55.6 Å². The second-order valence-electron chi connectivity index (χ2n) is 9.14. The van der Waals surface area contributed by atoms with E-state index in [1.165, 1.54) is 16.7 Å². The van der Waals surface area contributed by atoms with E-state index in [4.69, 9.17) is 5.11 Å². The summed E-state index contributed by atoms with van der Waals surface area (Å²) in [5.41, 5.74) is -0.821. The lowest BCUT2D eigenvalue weighted by Crippen LogP contribution is -2.44. The maximum Gasteiger partial charge on any atom is 0.305 e.